The lowest BCUT2D eigenvalue weighted by Crippen LogP contribution is -1.98. The number of nitrogens with one attached hydrogen (secondary N) is 1. The van der Waals surface area contributed by atoms with E-state index in [2.05, 4.69) is 29.4 Å². The molecule has 2 heterocycles. The van der Waals surface area contributed by atoms with Crippen LogP contribution >= 0.6 is 0 Å². The summed E-state index contributed by atoms with van der Waals surface area (Å²) in [6, 6.07) is 14.2. The number of hydrogen-bond donors (Lipinski definition) is 1. The Kier molecular flexibility index (Phi) is 3.19. The van der Waals surface area contributed by atoms with E-state index in [1.165, 1.54) is 0 Å². The summed E-state index contributed by atoms with van der Waals surface area (Å²) in [5.41, 5.74) is 2.08. The summed E-state index contributed by atoms with van der Waals surface area (Å²) >= 11 is 0. The number of anilines is 1. The lowest BCUT2D eigenvalue weighted by molar-refractivity contribution is 0.476. The Bertz CT molecular complexity index is 683. The highest BCUT2D eigenvalue weighted by molar-refractivity contribution is 5.91. The fraction of sp³-hybridized carbons (Fsp3) is 0.188. The van der Waals surface area contributed by atoms with E-state index < -0.39 is 0 Å². The molecule has 0 aliphatic rings. The van der Waals surface area contributed by atoms with Crippen LogP contribution in [-0.4, -0.2) is 4.98 Å². The minimum atomic E-state index is 0.688. The lowest BCUT2D eigenvalue weighted by Gasteiger charge is -2.07. The van der Waals surface area contributed by atoms with E-state index in [1.807, 2.05) is 36.5 Å². The van der Waals surface area contributed by atoms with Crippen LogP contribution < -0.4 is 5.32 Å². The molecule has 1 N–H and O–H groups in total. The first-order chi connectivity index (χ1) is 9.36. The first kappa shape index (κ1) is 11.8. The van der Waals surface area contributed by atoms with Crippen molar-refractivity contribution in [3.05, 3.63) is 60.2 Å². The van der Waals surface area contributed by atoms with Crippen molar-refractivity contribution in [2.45, 2.75) is 19.9 Å². The molecule has 3 nitrogen and oxygen atoms in total. The molecule has 0 radical (unpaired) electrons. The molecule has 0 bridgehead atoms. The van der Waals surface area contributed by atoms with Crippen molar-refractivity contribution >= 4 is 16.6 Å². The first-order valence-electron chi connectivity index (χ1n) is 6.52. The Balaban J connectivity index is 1.81. The summed E-state index contributed by atoms with van der Waals surface area (Å²) in [7, 11) is 0. The highest BCUT2D eigenvalue weighted by Crippen LogP contribution is 2.22. The van der Waals surface area contributed by atoms with Gasteiger partial charge in [0.1, 0.15) is 11.5 Å². The maximum absolute atomic E-state index is 5.69. The SMILES string of the molecule is CCc1ccc(CNc2cccc3ncccc23)o1. The second kappa shape index (κ2) is 5.14. The van der Waals surface area contributed by atoms with Crippen molar-refractivity contribution in [1.29, 1.82) is 0 Å². The molecule has 0 unspecified atom stereocenters. The van der Waals surface area contributed by atoms with E-state index in [9.17, 15) is 0 Å². The van der Waals surface area contributed by atoms with Gasteiger partial charge < -0.3 is 9.73 Å². The van der Waals surface area contributed by atoms with Gasteiger partial charge in [-0.2, -0.15) is 0 Å². The number of rotatable bonds is 4. The van der Waals surface area contributed by atoms with Gasteiger partial charge in [0.2, 0.25) is 0 Å². The topological polar surface area (TPSA) is 38.1 Å². The zero-order chi connectivity index (χ0) is 13.1. The monoisotopic (exact) mass is 252 g/mol. The first-order valence-corrected chi connectivity index (χ1v) is 6.52. The van der Waals surface area contributed by atoms with Gasteiger partial charge in [0.25, 0.3) is 0 Å². The Morgan fingerprint density at radius 3 is 2.79 bits per heavy atom. The molecule has 0 aliphatic heterocycles. The lowest BCUT2D eigenvalue weighted by atomic mass is 10.2. The van der Waals surface area contributed by atoms with Crippen LogP contribution in [0.1, 0.15) is 18.4 Å². The molecule has 1 aromatic carbocycles. The number of benzene rings is 1. The van der Waals surface area contributed by atoms with Crippen LogP contribution in [0.15, 0.2) is 53.1 Å². The molecule has 0 fully saturated rings. The Morgan fingerprint density at radius 1 is 1.05 bits per heavy atom. The van der Waals surface area contributed by atoms with Crippen LogP contribution in [0, 0.1) is 0 Å². The molecular formula is C16H16N2O. The van der Waals surface area contributed by atoms with E-state index in [-0.39, 0.29) is 0 Å². The number of aromatic nitrogens is 1. The van der Waals surface area contributed by atoms with Gasteiger partial charge in [-0.1, -0.05) is 13.0 Å². The Hall–Kier alpha value is -2.29. The molecule has 3 rings (SSSR count). The van der Waals surface area contributed by atoms with E-state index in [0.717, 1.165) is 34.5 Å². The molecule has 19 heavy (non-hydrogen) atoms. The maximum atomic E-state index is 5.69. The molecule has 0 aliphatic carbocycles. The molecule has 0 saturated carbocycles. The van der Waals surface area contributed by atoms with E-state index in [1.54, 1.807) is 0 Å². The highest BCUT2D eigenvalue weighted by Gasteiger charge is 2.03. The second-order valence-electron chi connectivity index (χ2n) is 4.45. The van der Waals surface area contributed by atoms with E-state index >= 15 is 0 Å². The molecule has 0 spiro atoms. The van der Waals surface area contributed by atoms with Crippen LogP contribution in [0.25, 0.3) is 10.9 Å². The minimum Gasteiger partial charge on any atom is -0.464 e. The van der Waals surface area contributed by atoms with Gasteiger partial charge in [-0.15, -0.1) is 0 Å². The van der Waals surface area contributed by atoms with Crippen molar-refractivity contribution in [3.8, 4) is 0 Å². The molecular weight excluding hydrogens is 236 g/mol. The van der Waals surface area contributed by atoms with Gasteiger partial charge in [0, 0.05) is 23.7 Å². The van der Waals surface area contributed by atoms with Gasteiger partial charge in [-0.05, 0) is 36.4 Å². The average Bonchev–Trinajstić information content (AvgIpc) is 2.93. The van der Waals surface area contributed by atoms with Crippen molar-refractivity contribution in [1.82, 2.24) is 4.98 Å². The molecule has 2 aromatic heterocycles. The Labute approximate surface area is 112 Å². The number of hydrogen-bond acceptors (Lipinski definition) is 3. The third-order valence-electron chi connectivity index (χ3n) is 3.16. The highest BCUT2D eigenvalue weighted by atomic mass is 16.3. The Morgan fingerprint density at radius 2 is 1.95 bits per heavy atom. The molecule has 0 saturated heterocycles. The van der Waals surface area contributed by atoms with Gasteiger partial charge in [0.05, 0.1) is 12.1 Å². The van der Waals surface area contributed by atoms with E-state index in [0.29, 0.717) is 6.54 Å². The third-order valence-corrected chi connectivity index (χ3v) is 3.16. The summed E-state index contributed by atoms with van der Waals surface area (Å²) in [6.45, 7) is 2.78. The number of fused-ring (bicyclic) bond motifs is 1. The maximum Gasteiger partial charge on any atom is 0.123 e. The zero-order valence-electron chi connectivity index (χ0n) is 10.9. The van der Waals surface area contributed by atoms with Crippen LogP contribution in [0.3, 0.4) is 0 Å². The van der Waals surface area contributed by atoms with Crippen molar-refractivity contribution in [2.24, 2.45) is 0 Å². The van der Waals surface area contributed by atoms with Gasteiger partial charge in [-0.25, -0.2) is 0 Å². The van der Waals surface area contributed by atoms with Gasteiger partial charge in [0.15, 0.2) is 0 Å². The van der Waals surface area contributed by atoms with Gasteiger partial charge in [-0.3, -0.25) is 4.98 Å². The summed E-state index contributed by atoms with van der Waals surface area (Å²) < 4.78 is 5.69. The predicted octanol–water partition coefficient (Wildman–Crippen LogP) is 4.00. The standard InChI is InChI=1S/C16H16N2O/c1-2-12-8-9-13(19-12)11-18-16-7-3-6-15-14(16)5-4-10-17-15/h3-10,18H,2,11H2,1H3. The third kappa shape index (κ3) is 2.45. The largest absolute Gasteiger partial charge is 0.464 e. The van der Waals surface area contributed by atoms with Crippen LogP contribution in [-0.2, 0) is 13.0 Å². The summed E-state index contributed by atoms with van der Waals surface area (Å²) in [5.74, 6) is 1.98. The van der Waals surface area contributed by atoms with Crippen LogP contribution in [0.2, 0.25) is 0 Å². The van der Waals surface area contributed by atoms with Crippen LogP contribution in [0.4, 0.5) is 5.69 Å². The number of furan rings is 1. The smallest absolute Gasteiger partial charge is 0.123 e. The van der Waals surface area contributed by atoms with Crippen molar-refractivity contribution in [2.75, 3.05) is 5.32 Å². The van der Waals surface area contributed by atoms with E-state index in [4.69, 9.17) is 4.42 Å². The van der Waals surface area contributed by atoms with Crippen molar-refractivity contribution < 1.29 is 4.42 Å². The minimum absolute atomic E-state index is 0.688. The number of aryl methyl sites for hydroxylation is 1. The fourth-order valence-electron chi connectivity index (χ4n) is 2.15. The molecule has 0 amide bonds. The average molecular weight is 252 g/mol. The fourth-order valence-corrected chi connectivity index (χ4v) is 2.15. The normalized spacial score (nSPS) is 10.8. The van der Waals surface area contributed by atoms with Gasteiger partial charge >= 0.3 is 0 Å². The van der Waals surface area contributed by atoms with Crippen LogP contribution in [0.5, 0.6) is 0 Å². The molecule has 3 aromatic rings. The summed E-state index contributed by atoms with van der Waals surface area (Å²) in [4.78, 5) is 4.35. The van der Waals surface area contributed by atoms with Crippen molar-refractivity contribution in [3.63, 3.8) is 0 Å². The predicted molar refractivity (Wildman–Crippen MR) is 77.2 cm³/mol. The molecule has 3 heteroatoms. The quantitative estimate of drug-likeness (QED) is 0.762. The molecule has 0 atom stereocenters. The summed E-state index contributed by atoms with van der Waals surface area (Å²) in [6.07, 6.45) is 2.74. The zero-order valence-corrected chi connectivity index (χ0v) is 10.9. The number of nitrogens with zero attached hydrogens (tertiary/aromatic N) is 1. The number of pyridine rings is 1. The molecule has 96 valence electrons. The second-order valence-corrected chi connectivity index (χ2v) is 4.45. The summed E-state index contributed by atoms with van der Waals surface area (Å²) in [5, 5.41) is 4.54.